The summed E-state index contributed by atoms with van der Waals surface area (Å²) in [6.45, 7) is 0. The Bertz CT molecular complexity index is 1120. The summed E-state index contributed by atoms with van der Waals surface area (Å²) in [7, 11) is 1.36. The Balaban J connectivity index is 1.68. The molecule has 0 spiro atoms. The average molecular weight is 354 g/mol. The van der Waals surface area contributed by atoms with E-state index in [0.717, 1.165) is 16.8 Å². The first kappa shape index (κ1) is 16.8. The Hall–Kier alpha value is -3.66. The van der Waals surface area contributed by atoms with Crippen LogP contribution in [0.25, 0.3) is 21.9 Å². The van der Waals surface area contributed by atoms with Gasteiger partial charge in [0.05, 0.1) is 7.11 Å². The van der Waals surface area contributed by atoms with E-state index in [1.165, 1.54) is 17.9 Å². The maximum atomic E-state index is 11.9. The summed E-state index contributed by atoms with van der Waals surface area (Å²) in [6.07, 6.45) is 1.64. The molecule has 0 bridgehead atoms. The summed E-state index contributed by atoms with van der Waals surface area (Å²) < 4.78 is 4.83. The van der Waals surface area contributed by atoms with Crippen molar-refractivity contribution >= 4 is 28.2 Å². The number of anilines is 2. The largest absolute Gasteiger partial charge is 0.465 e. The van der Waals surface area contributed by atoms with Crippen molar-refractivity contribution in [3.8, 4) is 11.1 Å². The number of carbonyl (C=O) groups is 1. The van der Waals surface area contributed by atoms with Crippen molar-refractivity contribution in [3.63, 3.8) is 0 Å². The van der Waals surface area contributed by atoms with Gasteiger partial charge in [-0.3, -0.25) is 0 Å². The van der Waals surface area contributed by atoms with Gasteiger partial charge in [0.1, 0.15) is 11.4 Å². The fourth-order valence-corrected chi connectivity index (χ4v) is 3.06. The Labute approximate surface area is 157 Å². The van der Waals surface area contributed by atoms with Gasteiger partial charge in [0.15, 0.2) is 0 Å². The Morgan fingerprint density at radius 3 is 2.52 bits per heavy atom. The van der Waals surface area contributed by atoms with Crippen LogP contribution in [0.3, 0.4) is 0 Å². The van der Waals surface area contributed by atoms with E-state index in [2.05, 4.69) is 46.7 Å². The molecule has 0 saturated heterocycles. The third-order valence-corrected chi connectivity index (χ3v) is 4.42. The van der Waals surface area contributed by atoms with Crippen LogP contribution in [0, 0.1) is 0 Å². The first-order valence-electron chi connectivity index (χ1n) is 8.64. The number of nitrogens with one attached hydrogen (secondary N) is 1. The topological polar surface area (TPSA) is 51.2 Å². The standard InChI is InChI=1S/C23H18N2O2/c1-27-23(26)21-10-5-13-24-22(21)25-20-9-4-8-18(15-20)19-12-11-16-6-2-3-7-17(16)14-19/h2-15H,1H3,(H,24,25). The summed E-state index contributed by atoms with van der Waals surface area (Å²) in [5.74, 6) is 0.0521. The minimum absolute atomic E-state index is 0.399. The molecule has 0 amide bonds. The van der Waals surface area contributed by atoms with E-state index in [0.29, 0.717) is 11.4 Å². The molecule has 27 heavy (non-hydrogen) atoms. The molecule has 0 unspecified atom stereocenters. The number of nitrogens with zero attached hydrogens (tertiary/aromatic N) is 1. The van der Waals surface area contributed by atoms with Crippen LogP contribution in [-0.2, 0) is 4.74 Å². The molecule has 0 saturated carbocycles. The van der Waals surface area contributed by atoms with Crippen LogP contribution in [0.5, 0.6) is 0 Å². The molecule has 0 atom stereocenters. The molecule has 4 heteroatoms. The second kappa shape index (κ2) is 7.30. The van der Waals surface area contributed by atoms with E-state index in [1.807, 2.05) is 30.3 Å². The van der Waals surface area contributed by atoms with Crippen molar-refractivity contribution < 1.29 is 9.53 Å². The van der Waals surface area contributed by atoms with E-state index < -0.39 is 5.97 Å². The fraction of sp³-hybridized carbons (Fsp3) is 0.0435. The third kappa shape index (κ3) is 3.51. The summed E-state index contributed by atoms with van der Waals surface area (Å²) in [5.41, 5.74) is 3.47. The second-order valence-corrected chi connectivity index (χ2v) is 6.16. The third-order valence-electron chi connectivity index (χ3n) is 4.42. The van der Waals surface area contributed by atoms with Crippen molar-refractivity contribution in [1.82, 2.24) is 4.98 Å². The lowest BCUT2D eigenvalue weighted by molar-refractivity contribution is 0.0601. The van der Waals surface area contributed by atoms with Gasteiger partial charge in [0.2, 0.25) is 0 Å². The quantitative estimate of drug-likeness (QED) is 0.496. The van der Waals surface area contributed by atoms with Gasteiger partial charge < -0.3 is 10.1 Å². The van der Waals surface area contributed by atoms with Crippen molar-refractivity contribution in [3.05, 3.63) is 90.6 Å². The number of fused-ring (bicyclic) bond motifs is 1. The number of aromatic nitrogens is 1. The highest BCUT2D eigenvalue weighted by Gasteiger charge is 2.12. The van der Waals surface area contributed by atoms with Crippen molar-refractivity contribution in [1.29, 1.82) is 0 Å². The molecule has 1 aromatic heterocycles. The number of rotatable bonds is 4. The lowest BCUT2D eigenvalue weighted by Crippen LogP contribution is -2.07. The van der Waals surface area contributed by atoms with E-state index in [-0.39, 0.29) is 0 Å². The van der Waals surface area contributed by atoms with Gasteiger partial charge in [-0.25, -0.2) is 9.78 Å². The first-order chi connectivity index (χ1) is 13.2. The van der Waals surface area contributed by atoms with E-state index >= 15 is 0 Å². The number of pyridine rings is 1. The molecule has 0 aliphatic carbocycles. The molecule has 4 nitrogen and oxygen atoms in total. The summed E-state index contributed by atoms with van der Waals surface area (Å²) in [4.78, 5) is 16.2. The Morgan fingerprint density at radius 1 is 0.852 bits per heavy atom. The molecular weight excluding hydrogens is 336 g/mol. The Morgan fingerprint density at radius 2 is 1.67 bits per heavy atom. The van der Waals surface area contributed by atoms with Gasteiger partial charge in [0.25, 0.3) is 0 Å². The second-order valence-electron chi connectivity index (χ2n) is 6.16. The number of ether oxygens (including phenoxy) is 1. The monoisotopic (exact) mass is 354 g/mol. The van der Waals surface area contributed by atoms with E-state index in [4.69, 9.17) is 4.74 Å². The summed E-state index contributed by atoms with van der Waals surface area (Å²) in [6, 6.07) is 26.1. The van der Waals surface area contributed by atoms with E-state index in [1.54, 1.807) is 18.3 Å². The first-order valence-corrected chi connectivity index (χ1v) is 8.64. The van der Waals surface area contributed by atoms with Crippen LogP contribution < -0.4 is 5.32 Å². The zero-order chi connectivity index (χ0) is 18.6. The molecule has 3 aromatic carbocycles. The van der Waals surface area contributed by atoms with Gasteiger partial charge >= 0.3 is 5.97 Å². The molecule has 0 aliphatic rings. The normalized spacial score (nSPS) is 10.6. The van der Waals surface area contributed by atoms with Crippen LogP contribution >= 0.6 is 0 Å². The minimum Gasteiger partial charge on any atom is -0.465 e. The van der Waals surface area contributed by atoms with Gasteiger partial charge in [-0.05, 0) is 52.2 Å². The molecule has 1 N–H and O–H groups in total. The van der Waals surface area contributed by atoms with Crippen LogP contribution in [0.1, 0.15) is 10.4 Å². The van der Waals surface area contributed by atoms with Crippen LogP contribution in [0.4, 0.5) is 11.5 Å². The molecule has 4 rings (SSSR count). The smallest absolute Gasteiger partial charge is 0.341 e. The predicted molar refractivity (Wildman–Crippen MR) is 108 cm³/mol. The van der Waals surface area contributed by atoms with Gasteiger partial charge in [-0.1, -0.05) is 48.5 Å². The van der Waals surface area contributed by atoms with Crippen molar-refractivity contribution in [2.45, 2.75) is 0 Å². The van der Waals surface area contributed by atoms with E-state index in [9.17, 15) is 4.79 Å². The molecule has 1 heterocycles. The highest BCUT2D eigenvalue weighted by atomic mass is 16.5. The Kier molecular flexibility index (Phi) is 4.54. The molecule has 0 radical (unpaired) electrons. The minimum atomic E-state index is -0.420. The maximum absolute atomic E-state index is 11.9. The molecule has 4 aromatic rings. The van der Waals surface area contributed by atoms with Gasteiger partial charge in [0, 0.05) is 11.9 Å². The molecule has 132 valence electrons. The van der Waals surface area contributed by atoms with Crippen molar-refractivity contribution in [2.24, 2.45) is 0 Å². The molecule has 0 fully saturated rings. The lowest BCUT2D eigenvalue weighted by Gasteiger charge is -2.11. The van der Waals surface area contributed by atoms with Gasteiger partial charge in [-0.15, -0.1) is 0 Å². The number of carbonyl (C=O) groups excluding carboxylic acids is 1. The summed E-state index contributed by atoms with van der Waals surface area (Å²) >= 11 is 0. The molecular formula is C23H18N2O2. The van der Waals surface area contributed by atoms with Crippen LogP contribution in [0.2, 0.25) is 0 Å². The number of esters is 1. The SMILES string of the molecule is COC(=O)c1cccnc1Nc1cccc(-c2ccc3ccccc3c2)c1. The van der Waals surface area contributed by atoms with Crippen LogP contribution in [-0.4, -0.2) is 18.1 Å². The zero-order valence-electron chi connectivity index (χ0n) is 14.8. The van der Waals surface area contributed by atoms with Crippen LogP contribution in [0.15, 0.2) is 85.1 Å². The fourth-order valence-electron chi connectivity index (χ4n) is 3.06. The summed E-state index contributed by atoms with van der Waals surface area (Å²) in [5, 5.41) is 5.64. The average Bonchev–Trinajstić information content (AvgIpc) is 2.73. The number of hydrogen-bond donors (Lipinski definition) is 1. The molecule has 0 aliphatic heterocycles. The maximum Gasteiger partial charge on any atom is 0.341 e. The predicted octanol–water partition coefficient (Wildman–Crippen LogP) is 5.43. The zero-order valence-corrected chi connectivity index (χ0v) is 14.8. The van der Waals surface area contributed by atoms with Crippen molar-refractivity contribution in [2.75, 3.05) is 12.4 Å². The number of hydrogen-bond acceptors (Lipinski definition) is 4. The number of benzene rings is 3. The lowest BCUT2D eigenvalue weighted by atomic mass is 10.0. The van der Waals surface area contributed by atoms with Gasteiger partial charge in [-0.2, -0.15) is 0 Å². The highest BCUT2D eigenvalue weighted by molar-refractivity contribution is 5.95. The number of methoxy groups -OCH3 is 1. The highest BCUT2D eigenvalue weighted by Crippen LogP contribution is 2.28.